The van der Waals surface area contributed by atoms with E-state index in [1.807, 2.05) is 24.3 Å². The average Bonchev–Trinajstić information content (AvgIpc) is 2.73. The van der Waals surface area contributed by atoms with Crippen molar-refractivity contribution in [2.75, 3.05) is 5.73 Å². The van der Waals surface area contributed by atoms with Gasteiger partial charge in [0.2, 0.25) is 0 Å². The Morgan fingerprint density at radius 3 is 2.25 bits per heavy atom. The van der Waals surface area contributed by atoms with Crippen molar-refractivity contribution in [2.45, 2.75) is 89.4 Å². The van der Waals surface area contributed by atoms with Crippen molar-refractivity contribution in [1.82, 2.24) is 0 Å². The van der Waals surface area contributed by atoms with Crippen molar-refractivity contribution in [3.63, 3.8) is 0 Å². The molecule has 0 aliphatic heterocycles. The maximum absolute atomic E-state index is 6.35. The van der Waals surface area contributed by atoms with E-state index in [-0.39, 0.29) is 5.41 Å². The van der Waals surface area contributed by atoms with Gasteiger partial charge in [0, 0.05) is 11.3 Å². The van der Waals surface area contributed by atoms with Gasteiger partial charge in [-0.3, -0.25) is 0 Å². The van der Waals surface area contributed by atoms with Gasteiger partial charge >= 0.3 is 0 Å². The van der Waals surface area contributed by atoms with Crippen molar-refractivity contribution in [3.8, 4) is 11.5 Å². The molecule has 2 aromatic carbocycles. The molecule has 2 N–H and O–H groups in total. The van der Waals surface area contributed by atoms with Crippen molar-refractivity contribution in [3.05, 3.63) is 54.1 Å². The molecule has 0 atom stereocenters. The number of hydrogen-bond donors (Lipinski definition) is 1. The second-order valence-corrected chi connectivity index (χ2v) is 8.53. The number of unbranched alkanes of at least 4 members (excludes halogenated alkanes) is 5. The summed E-state index contributed by atoms with van der Waals surface area (Å²) >= 11 is 0. The van der Waals surface area contributed by atoms with E-state index in [1.165, 1.54) is 82.6 Å². The van der Waals surface area contributed by atoms with Crippen LogP contribution in [0.4, 0.5) is 5.69 Å². The van der Waals surface area contributed by atoms with Crippen molar-refractivity contribution < 1.29 is 4.74 Å². The number of benzene rings is 2. The smallest absolute Gasteiger partial charge is 0.131 e. The zero-order valence-corrected chi connectivity index (χ0v) is 17.6. The van der Waals surface area contributed by atoms with Crippen LogP contribution in [0.25, 0.3) is 0 Å². The highest BCUT2D eigenvalue weighted by atomic mass is 16.5. The largest absolute Gasteiger partial charge is 0.457 e. The van der Waals surface area contributed by atoms with E-state index in [1.54, 1.807) is 0 Å². The minimum atomic E-state index is 0.285. The van der Waals surface area contributed by atoms with E-state index in [0.29, 0.717) is 0 Å². The molecule has 0 unspecified atom stereocenters. The molecule has 0 saturated heterocycles. The lowest BCUT2D eigenvalue weighted by Gasteiger charge is -2.39. The van der Waals surface area contributed by atoms with E-state index >= 15 is 0 Å². The van der Waals surface area contributed by atoms with Crippen LogP contribution in [-0.2, 0) is 5.41 Å². The summed E-state index contributed by atoms with van der Waals surface area (Å²) in [5, 5.41) is 0. The Kier molecular flexibility index (Phi) is 7.82. The fourth-order valence-electron chi connectivity index (χ4n) is 4.78. The first-order valence-corrected chi connectivity index (χ1v) is 11.4. The van der Waals surface area contributed by atoms with Crippen LogP contribution < -0.4 is 10.5 Å². The molecule has 152 valence electrons. The summed E-state index contributed by atoms with van der Waals surface area (Å²) in [5.74, 6) is 1.90. The molecule has 1 saturated carbocycles. The molecule has 2 aromatic rings. The van der Waals surface area contributed by atoms with E-state index in [4.69, 9.17) is 10.5 Å². The highest BCUT2D eigenvalue weighted by Crippen LogP contribution is 2.47. The quantitative estimate of drug-likeness (QED) is 0.335. The molecule has 1 fully saturated rings. The SMILES string of the molecule is CCCCCCCCC1(c2ccccc2Oc2ccc(N)cc2)CCCCC1. The van der Waals surface area contributed by atoms with E-state index < -0.39 is 0 Å². The lowest BCUT2D eigenvalue weighted by molar-refractivity contribution is 0.258. The zero-order valence-electron chi connectivity index (χ0n) is 17.6. The summed E-state index contributed by atoms with van der Waals surface area (Å²) in [4.78, 5) is 0. The fourth-order valence-corrected chi connectivity index (χ4v) is 4.78. The Morgan fingerprint density at radius 2 is 1.50 bits per heavy atom. The van der Waals surface area contributed by atoms with E-state index in [0.717, 1.165) is 17.2 Å². The number of ether oxygens (including phenoxy) is 1. The third-order valence-corrected chi connectivity index (χ3v) is 6.39. The number of anilines is 1. The van der Waals surface area contributed by atoms with Gasteiger partial charge in [0.15, 0.2) is 0 Å². The average molecular weight is 380 g/mol. The summed E-state index contributed by atoms with van der Waals surface area (Å²) in [6.45, 7) is 2.29. The molecular formula is C26H37NO. The Hall–Kier alpha value is -1.96. The first-order valence-electron chi connectivity index (χ1n) is 11.4. The first-order chi connectivity index (χ1) is 13.7. The van der Waals surface area contributed by atoms with Gasteiger partial charge in [-0.25, -0.2) is 0 Å². The van der Waals surface area contributed by atoms with Gasteiger partial charge in [0.1, 0.15) is 11.5 Å². The lowest BCUT2D eigenvalue weighted by Crippen LogP contribution is -2.29. The van der Waals surface area contributed by atoms with E-state index in [9.17, 15) is 0 Å². The van der Waals surface area contributed by atoms with Gasteiger partial charge in [-0.15, -0.1) is 0 Å². The predicted molar refractivity (Wildman–Crippen MR) is 120 cm³/mol. The molecule has 1 aliphatic carbocycles. The van der Waals surface area contributed by atoms with Crippen LogP contribution in [0.3, 0.4) is 0 Å². The van der Waals surface area contributed by atoms with Crippen LogP contribution in [0.2, 0.25) is 0 Å². The second-order valence-electron chi connectivity index (χ2n) is 8.53. The minimum Gasteiger partial charge on any atom is -0.457 e. The van der Waals surface area contributed by atoms with Gasteiger partial charge in [-0.2, -0.15) is 0 Å². The molecule has 0 aromatic heterocycles. The number of para-hydroxylation sites is 1. The van der Waals surface area contributed by atoms with Gasteiger partial charge in [-0.1, -0.05) is 82.9 Å². The zero-order chi connectivity index (χ0) is 19.7. The third-order valence-electron chi connectivity index (χ3n) is 6.39. The Balaban J connectivity index is 1.75. The molecule has 2 nitrogen and oxygen atoms in total. The van der Waals surface area contributed by atoms with Gasteiger partial charge in [0.25, 0.3) is 0 Å². The molecule has 0 amide bonds. The monoisotopic (exact) mass is 379 g/mol. The molecule has 0 spiro atoms. The van der Waals surface area contributed by atoms with Crippen molar-refractivity contribution >= 4 is 5.69 Å². The molecule has 0 bridgehead atoms. The predicted octanol–water partition coefficient (Wildman–Crippen LogP) is 8.01. The van der Waals surface area contributed by atoms with Crippen LogP contribution in [0.15, 0.2) is 48.5 Å². The maximum Gasteiger partial charge on any atom is 0.131 e. The Bertz CT molecular complexity index is 701. The number of rotatable bonds is 10. The van der Waals surface area contributed by atoms with Crippen molar-refractivity contribution in [1.29, 1.82) is 0 Å². The summed E-state index contributed by atoms with van der Waals surface area (Å²) < 4.78 is 6.35. The molecule has 2 heteroatoms. The normalized spacial score (nSPS) is 16.0. The van der Waals surface area contributed by atoms with Crippen LogP contribution in [0.5, 0.6) is 11.5 Å². The molecule has 28 heavy (non-hydrogen) atoms. The maximum atomic E-state index is 6.35. The highest BCUT2D eigenvalue weighted by Gasteiger charge is 2.35. The summed E-state index contributed by atoms with van der Waals surface area (Å²) in [6.07, 6.45) is 16.1. The van der Waals surface area contributed by atoms with Crippen molar-refractivity contribution in [2.24, 2.45) is 0 Å². The lowest BCUT2D eigenvalue weighted by atomic mass is 9.66. The fraction of sp³-hybridized carbons (Fsp3) is 0.538. The topological polar surface area (TPSA) is 35.2 Å². The van der Waals surface area contributed by atoms with Gasteiger partial charge in [0.05, 0.1) is 0 Å². The van der Waals surface area contributed by atoms with Gasteiger partial charge < -0.3 is 10.5 Å². The molecule has 1 aliphatic rings. The van der Waals surface area contributed by atoms with Crippen LogP contribution in [0, 0.1) is 0 Å². The highest BCUT2D eigenvalue weighted by molar-refractivity contribution is 5.46. The number of nitrogen functional groups attached to an aromatic ring is 1. The molecular weight excluding hydrogens is 342 g/mol. The number of nitrogens with two attached hydrogens (primary N) is 1. The summed E-state index contributed by atoms with van der Waals surface area (Å²) in [6, 6.07) is 16.5. The standard InChI is InChI=1S/C26H37NO/c1-2-3-4-5-6-10-19-26(20-11-7-12-21-26)24-13-8-9-14-25(24)28-23-17-15-22(27)16-18-23/h8-9,13-18H,2-7,10-12,19-21,27H2,1H3. The minimum absolute atomic E-state index is 0.285. The van der Waals surface area contributed by atoms with Gasteiger partial charge in [-0.05, 0) is 55.0 Å². The van der Waals surface area contributed by atoms with Crippen LogP contribution in [0.1, 0.15) is 89.5 Å². The first kappa shape index (κ1) is 20.8. The summed E-state index contributed by atoms with van der Waals surface area (Å²) in [5.41, 5.74) is 8.30. The van der Waals surface area contributed by atoms with E-state index in [2.05, 4.69) is 31.2 Å². The molecule has 0 radical (unpaired) electrons. The third kappa shape index (κ3) is 5.53. The Morgan fingerprint density at radius 1 is 0.821 bits per heavy atom. The molecule has 0 heterocycles. The second kappa shape index (κ2) is 10.5. The molecule has 3 rings (SSSR count). The Labute approximate surface area is 171 Å². The number of hydrogen-bond acceptors (Lipinski definition) is 2. The summed E-state index contributed by atoms with van der Waals surface area (Å²) in [7, 11) is 0. The van der Waals surface area contributed by atoms with Crippen LogP contribution >= 0.6 is 0 Å². The van der Waals surface area contributed by atoms with Crippen LogP contribution in [-0.4, -0.2) is 0 Å².